The first-order chi connectivity index (χ1) is 9.10. The van der Waals surface area contributed by atoms with Crippen molar-refractivity contribution in [1.29, 1.82) is 0 Å². The molecule has 0 saturated heterocycles. The minimum Gasteiger partial charge on any atom is -0.207 e. The third-order valence-corrected chi connectivity index (χ3v) is 3.85. The molecule has 0 heterocycles. The highest BCUT2D eigenvalue weighted by Gasteiger charge is 2.14. The summed E-state index contributed by atoms with van der Waals surface area (Å²) in [5.41, 5.74) is 1.51. The second-order valence-corrected chi connectivity index (χ2v) is 5.57. The van der Waals surface area contributed by atoms with E-state index in [2.05, 4.69) is 15.9 Å². The molecule has 0 aliphatic rings. The molecular formula is C15H12BrClF2. The summed E-state index contributed by atoms with van der Waals surface area (Å²) in [6.07, 6.45) is 0.450. The van der Waals surface area contributed by atoms with Crippen LogP contribution in [0.25, 0.3) is 0 Å². The summed E-state index contributed by atoms with van der Waals surface area (Å²) in [6.45, 7) is 0. The van der Waals surface area contributed by atoms with Gasteiger partial charge in [-0.15, -0.1) is 11.6 Å². The molecule has 2 rings (SSSR count). The number of hydrogen-bond donors (Lipinski definition) is 0. The van der Waals surface area contributed by atoms with Crippen LogP contribution in [0.4, 0.5) is 8.78 Å². The number of halogens is 4. The zero-order valence-electron chi connectivity index (χ0n) is 10.0. The molecule has 4 heteroatoms. The molecule has 0 aliphatic carbocycles. The van der Waals surface area contributed by atoms with Gasteiger partial charge in [0.15, 0.2) is 0 Å². The highest BCUT2D eigenvalue weighted by molar-refractivity contribution is 9.10. The van der Waals surface area contributed by atoms with Crippen molar-refractivity contribution < 1.29 is 8.78 Å². The summed E-state index contributed by atoms with van der Waals surface area (Å²) in [6, 6.07) is 11.4. The predicted molar refractivity (Wildman–Crippen MR) is 77.7 cm³/mol. The van der Waals surface area contributed by atoms with E-state index in [0.29, 0.717) is 17.9 Å². The van der Waals surface area contributed by atoms with Gasteiger partial charge in [0.2, 0.25) is 0 Å². The lowest BCUT2D eigenvalue weighted by Crippen LogP contribution is -2.06. The van der Waals surface area contributed by atoms with Gasteiger partial charge in [-0.1, -0.05) is 34.1 Å². The summed E-state index contributed by atoms with van der Waals surface area (Å²) < 4.78 is 27.5. The van der Waals surface area contributed by atoms with Gasteiger partial charge in [-0.25, -0.2) is 8.78 Å². The van der Waals surface area contributed by atoms with E-state index in [1.165, 1.54) is 12.1 Å². The Morgan fingerprint density at radius 3 is 2.53 bits per heavy atom. The SMILES string of the molecule is Fc1ccc(CC(CCl)c2cccc(Br)c2)c(F)c1. The molecule has 1 unspecified atom stereocenters. The van der Waals surface area contributed by atoms with Crippen LogP contribution in [-0.2, 0) is 6.42 Å². The molecule has 0 radical (unpaired) electrons. The zero-order chi connectivity index (χ0) is 13.8. The number of hydrogen-bond acceptors (Lipinski definition) is 0. The van der Waals surface area contributed by atoms with Crippen LogP contribution in [0.15, 0.2) is 46.9 Å². The van der Waals surface area contributed by atoms with E-state index < -0.39 is 11.6 Å². The first kappa shape index (κ1) is 14.5. The largest absolute Gasteiger partial charge is 0.207 e. The van der Waals surface area contributed by atoms with Crippen molar-refractivity contribution in [2.45, 2.75) is 12.3 Å². The Hall–Kier alpha value is -0.930. The van der Waals surface area contributed by atoms with E-state index in [1.807, 2.05) is 24.3 Å². The number of rotatable bonds is 4. The number of benzene rings is 2. The van der Waals surface area contributed by atoms with Crippen LogP contribution in [0.2, 0.25) is 0 Å². The highest BCUT2D eigenvalue weighted by atomic mass is 79.9. The van der Waals surface area contributed by atoms with Crippen molar-refractivity contribution in [1.82, 2.24) is 0 Å². The molecule has 0 aromatic heterocycles. The third kappa shape index (κ3) is 3.77. The predicted octanol–water partition coefficient (Wildman–Crippen LogP) is 5.29. The van der Waals surface area contributed by atoms with E-state index in [1.54, 1.807) is 0 Å². The smallest absolute Gasteiger partial charge is 0.129 e. The van der Waals surface area contributed by atoms with Gasteiger partial charge in [0, 0.05) is 22.3 Å². The van der Waals surface area contributed by atoms with Crippen LogP contribution in [0.1, 0.15) is 17.0 Å². The molecule has 0 amide bonds. The molecule has 0 N–H and O–H groups in total. The van der Waals surface area contributed by atoms with Gasteiger partial charge in [0.25, 0.3) is 0 Å². The van der Waals surface area contributed by atoms with Crippen LogP contribution in [0.3, 0.4) is 0 Å². The van der Waals surface area contributed by atoms with Crippen molar-refractivity contribution in [3.63, 3.8) is 0 Å². The van der Waals surface area contributed by atoms with E-state index in [0.717, 1.165) is 16.1 Å². The van der Waals surface area contributed by atoms with Crippen molar-refractivity contribution >= 4 is 27.5 Å². The summed E-state index contributed by atoms with van der Waals surface area (Å²) in [5, 5.41) is 0. The van der Waals surface area contributed by atoms with E-state index in [-0.39, 0.29) is 5.92 Å². The molecular weight excluding hydrogens is 334 g/mol. The van der Waals surface area contributed by atoms with E-state index in [9.17, 15) is 8.78 Å². The Bertz CT molecular complexity index is 572. The van der Waals surface area contributed by atoms with Gasteiger partial charge in [-0.05, 0) is 35.7 Å². The molecule has 0 fully saturated rings. The Labute approximate surface area is 124 Å². The van der Waals surface area contributed by atoms with Crippen LogP contribution < -0.4 is 0 Å². The second-order valence-electron chi connectivity index (χ2n) is 4.35. The Balaban J connectivity index is 2.24. The van der Waals surface area contributed by atoms with Crippen molar-refractivity contribution in [3.8, 4) is 0 Å². The Morgan fingerprint density at radius 1 is 1.11 bits per heavy atom. The van der Waals surface area contributed by atoms with E-state index >= 15 is 0 Å². The van der Waals surface area contributed by atoms with Crippen LogP contribution >= 0.6 is 27.5 Å². The Kier molecular flexibility index (Phi) is 4.94. The molecule has 0 spiro atoms. The lowest BCUT2D eigenvalue weighted by molar-refractivity contribution is 0.566. The van der Waals surface area contributed by atoms with Crippen molar-refractivity contribution in [2.75, 3.05) is 5.88 Å². The molecule has 2 aromatic carbocycles. The summed E-state index contributed by atoms with van der Waals surface area (Å²) in [7, 11) is 0. The molecule has 0 nitrogen and oxygen atoms in total. The zero-order valence-corrected chi connectivity index (χ0v) is 12.4. The molecule has 1 atom stereocenters. The lowest BCUT2D eigenvalue weighted by Gasteiger charge is -2.15. The van der Waals surface area contributed by atoms with E-state index in [4.69, 9.17) is 11.6 Å². The molecule has 0 bridgehead atoms. The standard InChI is InChI=1S/C15H12BrClF2/c16-13-3-1-2-10(7-13)12(9-17)6-11-4-5-14(18)8-15(11)19/h1-5,7-8,12H,6,9H2. The quantitative estimate of drug-likeness (QED) is 0.660. The monoisotopic (exact) mass is 344 g/mol. The average molecular weight is 346 g/mol. The first-order valence-electron chi connectivity index (χ1n) is 5.85. The van der Waals surface area contributed by atoms with Crippen LogP contribution in [0, 0.1) is 11.6 Å². The average Bonchev–Trinajstić information content (AvgIpc) is 2.38. The maximum absolute atomic E-state index is 13.6. The van der Waals surface area contributed by atoms with Crippen LogP contribution in [-0.4, -0.2) is 5.88 Å². The second kappa shape index (κ2) is 6.49. The van der Waals surface area contributed by atoms with Crippen LogP contribution in [0.5, 0.6) is 0 Å². The molecule has 0 saturated carbocycles. The maximum Gasteiger partial charge on any atom is 0.129 e. The minimum absolute atomic E-state index is 0.000808. The van der Waals surface area contributed by atoms with Gasteiger partial charge in [0.05, 0.1) is 0 Å². The van der Waals surface area contributed by atoms with Gasteiger partial charge in [-0.2, -0.15) is 0 Å². The first-order valence-corrected chi connectivity index (χ1v) is 7.18. The van der Waals surface area contributed by atoms with Gasteiger partial charge < -0.3 is 0 Å². The number of alkyl halides is 1. The minimum atomic E-state index is -0.564. The fourth-order valence-corrected chi connectivity index (χ4v) is 2.68. The fourth-order valence-electron chi connectivity index (χ4n) is 1.97. The highest BCUT2D eigenvalue weighted by Crippen LogP contribution is 2.26. The van der Waals surface area contributed by atoms with Crippen molar-refractivity contribution in [2.24, 2.45) is 0 Å². The Morgan fingerprint density at radius 2 is 1.89 bits per heavy atom. The van der Waals surface area contributed by atoms with Gasteiger partial charge in [0.1, 0.15) is 11.6 Å². The summed E-state index contributed by atoms with van der Waals surface area (Å²) >= 11 is 9.38. The molecule has 2 aromatic rings. The van der Waals surface area contributed by atoms with Gasteiger partial charge >= 0.3 is 0 Å². The normalized spacial score (nSPS) is 12.4. The van der Waals surface area contributed by atoms with Gasteiger partial charge in [-0.3, -0.25) is 0 Å². The summed E-state index contributed by atoms with van der Waals surface area (Å²) in [5.74, 6) is -0.705. The van der Waals surface area contributed by atoms with Crippen molar-refractivity contribution in [3.05, 3.63) is 69.7 Å². The topological polar surface area (TPSA) is 0 Å². The molecule has 0 aliphatic heterocycles. The lowest BCUT2D eigenvalue weighted by atomic mass is 9.93. The molecule has 19 heavy (non-hydrogen) atoms. The molecule has 100 valence electrons. The summed E-state index contributed by atoms with van der Waals surface area (Å²) in [4.78, 5) is 0. The maximum atomic E-state index is 13.6. The third-order valence-electron chi connectivity index (χ3n) is 2.99. The fraction of sp³-hybridized carbons (Fsp3) is 0.200.